The summed E-state index contributed by atoms with van der Waals surface area (Å²) in [5, 5.41) is 21.7. The van der Waals surface area contributed by atoms with E-state index in [1.54, 1.807) is 4.90 Å². The van der Waals surface area contributed by atoms with Crippen LogP contribution in [-0.2, 0) is 16.0 Å². The minimum atomic E-state index is -1.72. The lowest BCUT2D eigenvalue weighted by molar-refractivity contribution is -0.128. The average molecular weight is 386 g/mol. The van der Waals surface area contributed by atoms with Crippen molar-refractivity contribution in [2.24, 2.45) is 17.8 Å². The van der Waals surface area contributed by atoms with Crippen molar-refractivity contribution < 1.29 is 24.4 Å². The molecule has 8 heteroatoms. The van der Waals surface area contributed by atoms with Crippen LogP contribution in [0.4, 0.5) is 4.79 Å². The zero-order chi connectivity index (χ0) is 20.4. The Morgan fingerprint density at radius 3 is 2.68 bits per heavy atom. The number of rotatable bonds is 7. The molecule has 28 heavy (non-hydrogen) atoms. The van der Waals surface area contributed by atoms with Crippen LogP contribution in [0.15, 0.2) is 36.9 Å². The number of carbonyl (C=O) groups is 2. The fraction of sp³-hybridized carbons (Fsp3) is 0.500. The minimum Gasteiger partial charge on any atom is -0.447 e. The van der Waals surface area contributed by atoms with Gasteiger partial charge in [0.2, 0.25) is 5.91 Å². The van der Waals surface area contributed by atoms with Gasteiger partial charge in [-0.3, -0.25) is 4.79 Å². The number of fused-ring (bicyclic) bond motifs is 1. The summed E-state index contributed by atoms with van der Waals surface area (Å²) in [5.41, 5.74) is 1.97. The first-order chi connectivity index (χ1) is 13.3. The quantitative estimate of drug-likeness (QED) is 0.478. The summed E-state index contributed by atoms with van der Waals surface area (Å²) in [4.78, 5) is 26.0. The van der Waals surface area contributed by atoms with Gasteiger partial charge in [0.15, 0.2) is 0 Å². The molecule has 0 unspecified atom stereocenters. The molecule has 0 bridgehead atoms. The molecule has 1 saturated carbocycles. The van der Waals surface area contributed by atoms with E-state index in [2.05, 4.69) is 18.8 Å². The Labute approximate surface area is 165 Å². The highest BCUT2D eigenvalue weighted by Crippen LogP contribution is 2.55. The second-order valence-corrected chi connectivity index (χ2v) is 7.82. The van der Waals surface area contributed by atoms with Crippen LogP contribution in [0.5, 0.6) is 0 Å². The second-order valence-electron chi connectivity index (χ2n) is 7.82. The fourth-order valence-electron chi connectivity index (χ4n) is 4.21. The Bertz CT molecular complexity index is 739. The molecular weight excluding hydrogens is 359 g/mol. The lowest BCUT2D eigenvalue weighted by atomic mass is 9.76. The zero-order valence-corrected chi connectivity index (χ0v) is 16.2. The van der Waals surface area contributed by atoms with Crippen molar-refractivity contribution in [3.8, 4) is 0 Å². The van der Waals surface area contributed by atoms with Gasteiger partial charge >= 0.3 is 13.2 Å². The van der Waals surface area contributed by atoms with Gasteiger partial charge in [-0.2, -0.15) is 0 Å². The van der Waals surface area contributed by atoms with Gasteiger partial charge in [0.05, 0.1) is 12.0 Å². The monoisotopic (exact) mass is 386 g/mol. The summed E-state index contributed by atoms with van der Waals surface area (Å²) in [5.74, 6) is 0.255. The van der Waals surface area contributed by atoms with E-state index >= 15 is 0 Å². The standard InChI is InChI=1S/C20H27BN2O5/c1-4-18(24)23-10-15-13(3)19(15)16(23)11-28-20(25)22-17(21(26)27)9-14-7-5-12(2)6-8-14/h4-8,13,15-17,19,26-27H,1,9-11H2,2-3H3,(H,22,25)/t13-,15+,16-,17-,19-/m0/s1. The summed E-state index contributed by atoms with van der Waals surface area (Å²) in [6, 6.07) is 7.44. The number of likely N-dealkylation sites (tertiary alicyclic amines) is 1. The van der Waals surface area contributed by atoms with Gasteiger partial charge in [0.1, 0.15) is 6.61 Å². The van der Waals surface area contributed by atoms with Crippen molar-refractivity contribution in [3.05, 3.63) is 48.0 Å². The molecule has 2 amide bonds. The zero-order valence-electron chi connectivity index (χ0n) is 16.2. The number of hydrogen-bond acceptors (Lipinski definition) is 5. The van der Waals surface area contributed by atoms with Gasteiger partial charge in [-0.15, -0.1) is 0 Å². The van der Waals surface area contributed by atoms with Crippen LogP contribution in [0.1, 0.15) is 18.1 Å². The number of aryl methyl sites for hydroxylation is 1. The molecule has 1 aromatic carbocycles. The van der Waals surface area contributed by atoms with E-state index < -0.39 is 19.2 Å². The SMILES string of the molecule is C=CC(=O)N1C[C@@H]2[C@H](C)[C@@H]2[C@@H]1COC(=O)N[C@@H](Cc1ccc(C)cc1)B(O)O. The molecule has 3 N–H and O–H groups in total. The number of carbonyl (C=O) groups excluding carboxylic acids is 2. The lowest BCUT2D eigenvalue weighted by Crippen LogP contribution is -2.49. The molecule has 0 radical (unpaired) electrons. The van der Waals surface area contributed by atoms with Crippen LogP contribution in [0.2, 0.25) is 0 Å². The third-order valence-electron chi connectivity index (χ3n) is 5.97. The van der Waals surface area contributed by atoms with Crippen LogP contribution in [-0.4, -0.2) is 59.2 Å². The Kier molecular flexibility index (Phi) is 6.10. The van der Waals surface area contributed by atoms with E-state index in [0.29, 0.717) is 24.3 Å². The summed E-state index contributed by atoms with van der Waals surface area (Å²) in [6.45, 7) is 8.38. The summed E-state index contributed by atoms with van der Waals surface area (Å²) < 4.78 is 5.33. The third-order valence-corrected chi connectivity index (χ3v) is 5.97. The summed E-state index contributed by atoms with van der Waals surface area (Å²) >= 11 is 0. The first-order valence-corrected chi connectivity index (χ1v) is 9.59. The number of amides is 2. The second kappa shape index (κ2) is 8.37. The first-order valence-electron chi connectivity index (χ1n) is 9.59. The van der Waals surface area contributed by atoms with Gasteiger partial charge in [0, 0.05) is 6.54 Å². The minimum absolute atomic E-state index is 0.0791. The van der Waals surface area contributed by atoms with Crippen molar-refractivity contribution in [2.75, 3.05) is 13.2 Å². The summed E-state index contributed by atoms with van der Waals surface area (Å²) in [6.07, 6.45) is 0.814. The largest absolute Gasteiger partial charge is 0.475 e. The third kappa shape index (κ3) is 4.39. The van der Waals surface area contributed by atoms with Crippen molar-refractivity contribution >= 4 is 19.1 Å². The number of nitrogens with one attached hydrogen (secondary N) is 1. The van der Waals surface area contributed by atoms with E-state index in [0.717, 1.165) is 11.1 Å². The van der Waals surface area contributed by atoms with Crippen LogP contribution in [0, 0.1) is 24.7 Å². The number of alkyl carbamates (subject to hydrolysis) is 1. The van der Waals surface area contributed by atoms with Crippen LogP contribution in [0.3, 0.4) is 0 Å². The highest BCUT2D eigenvalue weighted by molar-refractivity contribution is 6.43. The van der Waals surface area contributed by atoms with Crippen LogP contribution in [0.25, 0.3) is 0 Å². The maximum absolute atomic E-state index is 12.2. The van der Waals surface area contributed by atoms with Crippen molar-refractivity contribution in [1.29, 1.82) is 0 Å². The van der Waals surface area contributed by atoms with E-state index in [1.807, 2.05) is 31.2 Å². The molecule has 3 rings (SSSR count). The van der Waals surface area contributed by atoms with E-state index in [-0.39, 0.29) is 25.0 Å². The average Bonchev–Trinajstić information content (AvgIpc) is 3.12. The van der Waals surface area contributed by atoms with Gasteiger partial charge < -0.3 is 25.0 Å². The molecule has 7 nitrogen and oxygen atoms in total. The predicted molar refractivity (Wildman–Crippen MR) is 105 cm³/mol. The van der Waals surface area contributed by atoms with Gasteiger partial charge in [-0.1, -0.05) is 43.3 Å². The van der Waals surface area contributed by atoms with E-state index in [9.17, 15) is 19.6 Å². The molecule has 0 aromatic heterocycles. The van der Waals surface area contributed by atoms with E-state index in [4.69, 9.17) is 4.74 Å². The number of ether oxygens (including phenoxy) is 1. The molecule has 2 aliphatic rings. The van der Waals surface area contributed by atoms with Crippen molar-refractivity contribution in [1.82, 2.24) is 10.2 Å². The first kappa shape index (κ1) is 20.4. The molecule has 1 saturated heterocycles. The topological polar surface area (TPSA) is 99.1 Å². The normalized spacial score (nSPS) is 26.2. The molecule has 2 fully saturated rings. The highest BCUT2D eigenvalue weighted by atomic mass is 16.5. The smallest absolute Gasteiger partial charge is 0.447 e. The lowest BCUT2D eigenvalue weighted by Gasteiger charge is -2.27. The Balaban J connectivity index is 1.55. The maximum Gasteiger partial charge on any atom is 0.475 e. The maximum atomic E-state index is 12.2. The van der Waals surface area contributed by atoms with Gasteiger partial charge in [-0.25, -0.2) is 4.79 Å². The van der Waals surface area contributed by atoms with Gasteiger partial charge in [0.25, 0.3) is 0 Å². The predicted octanol–water partition coefficient (Wildman–Crippen LogP) is 0.923. The Hall–Kier alpha value is -2.32. The van der Waals surface area contributed by atoms with Gasteiger partial charge in [-0.05, 0) is 42.7 Å². The van der Waals surface area contributed by atoms with Crippen molar-refractivity contribution in [3.63, 3.8) is 0 Å². The summed E-state index contributed by atoms with van der Waals surface area (Å²) in [7, 11) is -1.72. The van der Waals surface area contributed by atoms with Crippen LogP contribution < -0.4 is 5.32 Å². The Morgan fingerprint density at radius 2 is 2.07 bits per heavy atom. The molecule has 1 aliphatic carbocycles. The Morgan fingerprint density at radius 1 is 1.39 bits per heavy atom. The van der Waals surface area contributed by atoms with Crippen LogP contribution >= 0.6 is 0 Å². The number of benzene rings is 1. The number of nitrogens with zero attached hydrogens (tertiary/aromatic N) is 1. The fourth-order valence-corrected chi connectivity index (χ4v) is 4.21. The molecule has 0 spiro atoms. The van der Waals surface area contributed by atoms with E-state index in [1.165, 1.54) is 6.08 Å². The molecule has 1 aliphatic heterocycles. The van der Waals surface area contributed by atoms with Crippen molar-refractivity contribution in [2.45, 2.75) is 32.3 Å². The molecule has 150 valence electrons. The number of piperidine rings is 1. The molecule has 1 aromatic rings. The number of hydrogen-bond donors (Lipinski definition) is 3. The molecular formula is C20H27BN2O5. The highest BCUT2D eigenvalue weighted by Gasteiger charge is 2.59. The molecule has 1 heterocycles. The molecule has 5 atom stereocenters.